The fraction of sp³-hybridized carbons (Fsp3) is 0.412. The van der Waals surface area contributed by atoms with Crippen molar-refractivity contribution in [2.45, 2.75) is 19.1 Å². The lowest BCUT2D eigenvalue weighted by atomic mass is 10.1. The van der Waals surface area contributed by atoms with Crippen LogP contribution in [0.3, 0.4) is 0 Å². The molecule has 1 aliphatic heterocycles. The Hall–Kier alpha value is -3.13. The maximum absolute atomic E-state index is 12.4. The van der Waals surface area contributed by atoms with Gasteiger partial charge in [-0.25, -0.2) is 0 Å². The number of alkyl halides is 3. The zero-order valence-electron chi connectivity index (χ0n) is 16.2. The quantitative estimate of drug-likeness (QED) is 0.314. The first-order chi connectivity index (χ1) is 14.4. The van der Waals surface area contributed by atoms with Crippen LogP contribution in [0.4, 0.5) is 13.2 Å². The first-order valence-corrected chi connectivity index (χ1v) is 9.61. The molecular weight excluding hydrogens is 441 g/mol. The summed E-state index contributed by atoms with van der Waals surface area (Å²) >= 11 is 0.712. The first-order valence-electron chi connectivity index (χ1n) is 8.79. The lowest BCUT2D eigenvalue weighted by Crippen LogP contribution is -2.55. The van der Waals surface area contributed by atoms with Crippen LogP contribution in [-0.2, 0) is 14.3 Å². The average Bonchev–Trinajstić information content (AvgIpc) is 3.20. The van der Waals surface area contributed by atoms with Crippen LogP contribution < -0.4 is 10.6 Å². The average molecular weight is 460 g/mol. The number of nitrogens with one attached hydrogen (secondary N) is 5. The zero-order chi connectivity index (χ0) is 23.3. The molecule has 168 valence electrons. The predicted octanol–water partition coefficient (Wildman–Crippen LogP) is 0.769. The van der Waals surface area contributed by atoms with Crippen LogP contribution in [0.15, 0.2) is 12.1 Å². The summed E-state index contributed by atoms with van der Waals surface area (Å²) in [7, 11) is 0. The van der Waals surface area contributed by atoms with E-state index >= 15 is 0 Å². The van der Waals surface area contributed by atoms with Crippen molar-refractivity contribution < 1.29 is 32.3 Å². The molecule has 0 aliphatic carbocycles. The summed E-state index contributed by atoms with van der Waals surface area (Å²) in [5, 5.41) is 26.7. The fourth-order valence-corrected chi connectivity index (χ4v) is 3.36. The van der Waals surface area contributed by atoms with E-state index in [2.05, 4.69) is 5.32 Å². The van der Waals surface area contributed by atoms with E-state index in [-0.39, 0.29) is 41.8 Å². The third kappa shape index (κ3) is 6.18. The van der Waals surface area contributed by atoms with Crippen molar-refractivity contribution in [2.75, 3.05) is 26.3 Å². The minimum atomic E-state index is -5.14. The number of ether oxygens (including phenoxy) is 1. The second-order valence-corrected chi connectivity index (χ2v) is 7.51. The molecule has 1 unspecified atom stereocenters. The molecule has 2 rings (SSSR count). The number of carbonyl (C=O) groups excluding carboxylic acids is 3. The van der Waals surface area contributed by atoms with E-state index in [1.807, 2.05) is 0 Å². The lowest BCUT2D eigenvalue weighted by Gasteiger charge is -2.35. The van der Waals surface area contributed by atoms with Crippen LogP contribution in [0.25, 0.3) is 0 Å². The summed E-state index contributed by atoms with van der Waals surface area (Å²) in [4.78, 5) is 37.0. The highest BCUT2D eigenvalue weighted by Gasteiger charge is 2.39. The minimum absolute atomic E-state index is 0.0234. The second kappa shape index (κ2) is 9.78. The topological polar surface area (TPSA) is 159 Å². The smallest absolute Gasteiger partial charge is 0.377 e. The van der Waals surface area contributed by atoms with Crippen LogP contribution in [0.5, 0.6) is 0 Å². The third-order valence-corrected chi connectivity index (χ3v) is 5.25. The Balaban J connectivity index is 1.98. The Labute approximate surface area is 178 Å². The number of morpholine rings is 1. The Morgan fingerprint density at radius 1 is 1.23 bits per heavy atom. The van der Waals surface area contributed by atoms with Gasteiger partial charge in [-0.1, -0.05) is 0 Å². The molecule has 0 bridgehead atoms. The maximum atomic E-state index is 12.4. The van der Waals surface area contributed by atoms with Gasteiger partial charge < -0.3 is 25.7 Å². The number of hydrogen-bond acceptors (Lipinski definition) is 8. The summed E-state index contributed by atoms with van der Waals surface area (Å²) in [6, 6.07) is 1.94. The van der Waals surface area contributed by atoms with E-state index in [9.17, 15) is 27.6 Å². The van der Waals surface area contributed by atoms with Gasteiger partial charge in [0.25, 0.3) is 11.8 Å². The molecule has 1 fully saturated rings. The molecule has 0 aromatic carbocycles. The largest absolute Gasteiger partial charge is 0.471 e. The van der Waals surface area contributed by atoms with Crippen LogP contribution in [0.2, 0.25) is 0 Å². The van der Waals surface area contributed by atoms with E-state index < -0.39 is 41.5 Å². The van der Waals surface area contributed by atoms with Gasteiger partial charge in [0.2, 0.25) is 0 Å². The Bertz CT molecular complexity index is 929. The number of amidine groups is 1. The molecular formula is C17H19F3N6O4S. The van der Waals surface area contributed by atoms with Crippen molar-refractivity contribution in [3.05, 3.63) is 21.9 Å². The number of carbonyl (C=O) groups is 3. The van der Waals surface area contributed by atoms with Gasteiger partial charge in [-0.3, -0.25) is 25.2 Å². The van der Waals surface area contributed by atoms with Gasteiger partial charge in [0.15, 0.2) is 0 Å². The molecule has 10 nitrogen and oxygen atoms in total. The maximum Gasteiger partial charge on any atom is 0.471 e. The van der Waals surface area contributed by atoms with Crippen molar-refractivity contribution in [2.24, 2.45) is 0 Å². The molecule has 1 saturated heterocycles. The molecule has 3 amide bonds. The molecule has 1 aromatic rings. The Kier molecular flexibility index (Phi) is 7.62. The molecule has 1 atom stereocenters. The zero-order valence-corrected chi connectivity index (χ0v) is 17.0. The minimum Gasteiger partial charge on any atom is -0.377 e. The molecule has 1 aromatic heterocycles. The van der Waals surface area contributed by atoms with Crippen LogP contribution in [0, 0.1) is 16.2 Å². The third-order valence-electron chi connectivity index (χ3n) is 4.15. The van der Waals surface area contributed by atoms with Gasteiger partial charge in [-0.05, 0) is 19.1 Å². The normalized spacial score (nSPS) is 16.4. The number of thiophene rings is 1. The van der Waals surface area contributed by atoms with Gasteiger partial charge in [0, 0.05) is 13.1 Å². The number of nitrogens with zero attached hydrogens (tertiary/aromatic N) is 1. The van der Waals surface area contributed by atoms with Gasteiger partial charge in [0.05, 0.1) is 34.7 Å². The number of hydrogen-bond donors (Lipinski definition) is 5. The second-order valence-electron chi connectivity index (χ2n) is 6.43. The molecule has 2 heterocycles. The number of rotatable bonds is 6. The first kappa shape index (κ1) is 24.1. The standard InChI is InChI=1S/C17H19F3N6O4S/c1-8(21)12(22)15(28)26-4-5-30-7-9(26)6-24-14(27)11-3-2-10(31-11)13(23)25-16(29)17(18,19)20/h2-3,9,21-22H,4-7H2,1H3,(H,24,27)(H2,23,25,29). The van der Waals surface area contributed by atoms with Crippen molar-refractivity contribution in [1.29, 1.82) is 16.2 Å². The van der Waals surface area contributed by atoms with E-state index in [1.165, 1.54) is 29.3 Å². The molecule has 0 radical (unpaired) electrons. The number of amides is 3. The van der Waals surface area contributed by atoms with Crippen LogP contribution in [-0.4, -0.2) is 78.4 Å². The monoisotopic (exact) mass is 460 g/mol. The molecule has 14 heteroatoms. The molecule has 0 saturated carbocycles. The van der Waals surface area contributed by atoms with Crippen molar-refractivity contribution in [3.8, 4) is 0 Å². The predicted molar refractivity (Wildman–Crippen MR) is 105 cm³/mol. The summed E-state index contributed by atoms with van der Waals surface area (Å²) < 4.78 is 42.2. The molecule has 5 N–H and O–H groups in total. The van der Waals surface area contributed by atoms with E-state index in [1.54, 1.807) is 0 Å². The Morgan fingerprint density at radius 2 is 1.87 bits per heavy atom. The van der Waals surface area contributed by atoms with Crippen LogP contribution >= 0.6 is 11.3 Å². The lowest BCUT2D eigenvalue weighted by molar-refractivity contribution is -0.171. The number of halogens is 3. The van der Waals surface area contributed by atoms with E-state index in [0.717, 1.165) is 0 Å². The van der Waals surface area contributed by atoms with Gasteiger partial charge in [-0.15, -0.1) is 11.3 Å². The summed E-state index contributed by atoms with van der Waals surface area (Å²) in [5.74, 6) is -4.32. The molecule has 0 spiro atoms. The fourth-order valence-electron chi connectivity index (χ4n) is 2.53. The van der Waals surface area contributed by atoms with Gasteiger partial charge in [0.1, 0.15) is 11.5 Å². The summed E-state index contributed by atoms with van der Waals surface area (Å²) in [6.45, 7) is 1.85. The van der Waals surface area contributed by atoms with E-state index in [0.29, 0.717) is 11.3 Å². The molecule has 31 heavy (non-hydrogen) atoms. The van der Waals surface area contributed by atoms with Crippen LogP contribution in [0.1, 0.15) is 21.5 Å². The molecule has 1 aliphatic rings. The van der Waals surface area contributed by atoms with E-state index in [4.69, 9.17) is 21.0 Å². The van der Waals surface area contributed by atoms with Gasteiger partial charge >= 0.3 is 12.1 Å². The van der Waals surface area contributed by atoms with Crippen molar-refractivity contribution in [3.63, 3.8) is 0 Å². The van der Waals surface area contributed by atoms with Gasteiger partial charge in [-0.2, -0.15) is 13.2 Å². The highest BCUT2D eigenvalue weighted by atomic mass is 32.1. The van der Waals surface area contributed by atoms with Crippen molar-refractivity contribution >= 4 is 46.3 Å². The Morgan fingerprint density at radius 3 is 2.48 bits per heavy atom. The SMILES string of the molecule is CC(=N)C(=N)C(=O)N1CCOCC1CNC(=O)c1ccc(C(=N)NC(=O)C(F)(F)F)s1. The highest BCUT2D eigenvalue weighted by Crippen LogP contribution is 2.19. The summed E-state index contributed by atoms with van der Waals surface area (Å²) in [6.07, 6.45) is -5.14. The highest BCUT2D eigenvalue weighted by molar-refractivity contribution is 7.16. The summed E-state index contributed by atoms with van der Waals surface area (Å²) in [5.41, 5.74) is -0.647. The van der Waals surface area contributed by atoms with Crippen molar-refractivity contribution in [1.82, 2.24) is 15.5 Å².